The highest BCUT2D eigenvalue weighted by atomic mass is 16.5. The largest absolute Gasteiger partial charge is 0.478 e. The van der Waals surface area contributed by atoms with Gasteiger partial charge in [-0.1, -0.05) is 6.92 Å². The van der Waals surface area contributed by atoms with Crippen LogP contribution in [0, 0.1) is 5.92 Å². The van der Waals surface area contributed by atoms with E-state index in [1.165, 1.54) is 6.08 Å². The molecule has 1 fully saturated rings. The third-order valence-corrected chi connectivity index (χ3v) is 2.65. The Balaban J connectivity index is 2.46. The standard InChI is InChI=1S/C10H17NO3/c1-8-3-5-11(6-4-10(12)13)7-9(8)14-2/h4,6,8-9H,3,5,7H2,1-2H3,(H,12,13)/b6-4+. The van der Waals surface area contributed by atoms with Crippen LogP contribution in [-0.2, 0) is 9.53 Å². The summed E-state index contributed by atoms with van der Waals surface area (Å²) in [5, 5.41) is 8.47. The monoisotopic (exact) mass is 199 g/mol. The third kappa shape index (κ3) is 3.03. The number of ether oxygens (including phenoxy) is 1. The Kier molecular flexibility index (Phi) is 3.95. The number of hydrogen-bond acceptors (Lipinski definition) is 3. The summed E-state index contributed by atoms with van der Waals surface area (Å²) in [5.41, 5.74) is 0. The lowest BCUT2D eigenvalue weighted by atomic mass is 9.96. The van der Waals surface area contributed by atoms with E-state index in [0.717, 1.165) is 19.5 Å². The van der Waals surface area contributed by atoms with Crippen LogP contribution in [0.2, 0.25) is 0 Å². The summed E-state index contributed by atoms with van der Waals surface area (Å²) in [4.78, 5) is 12.3. The van der Waals surface area contributed by atoms with Crippen LogP contribution < -0.4 is 0 Å². The van der Waals surface area contributed by atoms with E-state index in [4.69, 9.17) is 9.84 Å². The molecule has 0 bridgehead atoms. The highest BCUT2D eigenvalue weighted by Gasteiger charge is 2.24. The number of nitrogens with zero attached hydrogens (tertiary/aromatic N) is 1. The Bertz CT molecular complexity index is 227. The second kappa shape index (κ2) is 5.00. The average Bonchev–Trinajstić information content (AvgIpc) is 2.16. The van der Waals surface area contributed by atoms with E-state index in [1.807, 2.05) is 4.90 Å². The molecule has 80 valence electrons. The molecule has 0 aromatic carbocycles. The fraction of sp³-hybridized carbons (Fsp3) is 0.700. The van der Waals surface area contributed by atoms with Gasteiger partial charge >= 0.3 is 5.97 Å². The van der Waals surface area contributed by atoms with E-state index >= 15 is 0 Å². The summed E-state index contributed by atoms with van der Waals surface area (Å²) in [6.07, 6.45) is 4.05. The van der Waals surface area contributed by atoms with Crippen molar-refractivity contribution >= 4 is 5.97 Å². The van der Waals surface area contributed by atoms with Crippen molar-refractivity contribution in [1.29, 1.82) is 0 Å². The predicted molar refractivity (Wildman–Crippen MR) is 52.9 cm³/mol. The molecule has 1 saturated heterocycles. The van der Waals surface area contributed by atoms with Crippen LogP contribution in [-0.4, -0.2) is 42.3 Å². The van der Waals surface area contributed by atoms with Crippen LogP contribution in [0.5, 0.6) is 0 Å². The minimum Gasteiger partial charge on any atom is -0.478 e. The molecule has 1 rings (SSSR count). The molecule has 0 saturated carbocycles. The van der Waals surface area contributed by atoms with Gasteiger partial charge in [0.05, 0.1) is 6.10 Å². The van der Waals surface area contributed by atoms with Gasteiger partial charge in [-0.3, -0.25) is 0 Å². The maximum absolute atomic E-state index is 10.3. The molecule has 1 N–H and O–H groups in total. The molecule has 0 radical (unpaired) electrons. The minimum atomic E-state index is -0.905. The first-order chi connectivity index (χ1) is 6.63. The zero-order chi connectivity index (χ0) is 10.6. The first kappa shape index (κ1) is 11.0. The lowest BCUT2D eigenvalue weighted by Crippen LogP contribution is -2.41. The van der Waals surface area contributed by atoms with E-state index in [0.29, 0.717) is 5.92 Å². The van der Waals surface area contributed by atoms with Crippen LogP contribution >= 0.6 is 0 Å². The van der Waals surface area contributed by atoms with Gasteiger partial charge in [-0.25, -0.2) is 4.79 Å². The van der Waals surface area contributed by atoms with Crippen molar-refractivity contribution in [2.24, 2.45) is 5.92 Å². The highest BCUT2D eigenvalue weighted by molar-refractivity contribution is 5.79. The molecule has 0 aromatic heterocycles. The predicted octanol–water partition coefficient (Wildman–Crippen LogP) is 0.942. The van der Waals surface area contributed by atoms with Crippen molar-refractivity contribution in [2.75, 3.05) is 20.2 Å². The maximum Gasteiger partial charge on any atom is 0.329 e. The highest BCUT2D eigenvalue weighted by Crippen LogP contribution is 2.19. The SMILES string of the molecule is COC1CN(/C=C/C(=O)O)CCC1C. The number of aliphatic carboxylic acids is 1. The van der Waals surface area contributed by atoms with E-state index in [2.05, 4.69) is 6.92 Å². The molecular formula is C10H17NO3. The lowest BCUT2D eigenvalue weighted by molar-refractivity contribution is -0.131. The molecule has 1 aliphatic rings. The normalized spacial score (nSPS) is 28.3. The quantitative estimate of drug-likeness (QED) is 0.687. The molecule has 0 amide bonds. The summed E-state index contributed by atoms with van der Waals surface area (Å²) in [5.74, 6) is -0.355. The molecule has 0 aromatic rings. The number of carbonyl (C=O) groups is 1. The number of carboxylic acid groups (broad SMARTS) is 1. The van der Waals surface area contributed by atoms with Crippen LogP contribution in [0.3, 0.4) is 0 Å². The van der Waals surface area contributed by atoms with Gasteiger partial charge in [0, 0.05) is 32.5 Å². The van der Waals surface area contributed by atoms with Crippen LogP contribution in [0.25, 0.3) is 0 Å². The molecule has 0 aliphatic carbocycles. The Labute approximate surface area is 84.2 Å². The molecule has 14 heavy (non-hydrogen) atoms. The number of hydrogen-bond donors (Lipinski definition) is 1. The molecule has 4 nitrogen and oxygen atoms in total. The van der Waals surface area contributed by atoms with Gasteiger partial charge in [0.25, 0.3) is 0 Å². The van der Waals surface area contributed by atoms with Gasteiger partial charge < -0.3 is 14.7 Å². The molecule has 4 heteroatoms. The van der Waals surface area contributed by atoms with Crippen molar-refractivity contribution in [3.63, 3.8) is 0 Å². The van der Waals surface area contributed by atoms with Crippen molar-refractivity contribution in [3.8, 4) is 0 Å². The smallest absolute Gasteiger partial charge is 0.329 e. The minimum absolute atomic E-state index is 0.210. The first-order valence-corrected chi connectivity index (χ1v) is 4.81. The molecule has 1 heterocycles. The lowest BCUT2D eigenvalue weighted by Gasteiger charge is -2.35. The summed E-state index contributed by atoms with van der Waals surface area (Å²) >= 11 is 0. The van der Waals surface area contributed by atoms with Gasteiger partial charge in [-0.2, -0.15) is 0 Å². The molecule has 1 aliphatic heterocycles. The number of piperidine rings is 1. The van der Waals surface area contributed by atoms with E-state index < -0.39 is 5.97 Å². The molecule has 2 unspecified atom stereocenters. The first-order valence-electron chi connectivity index (χ1n) is 4.81. The van der Waals surface area contributed by atoms with Crippen LogP contribution in [0.15, 0.2) is 12.3 Å². The van der Waals surface area contributed by atoms with Gasteiger partial charge in [-0.15, -0.1) is 0 Å². The van der Waals surface area contributed by atoms with Crippen LogP contribution in [0.1, 0.15) is 13.3 Å². The van der Waals surface area contributed by atoms with E-state index in [1.54, 1.807) is 13.3 Å². The summed E-state index contributed by atoms with van der Waals surface area (Å²) in [6, 6.07) is 0. The Morgan fingerprint density at radius 3 is 2.93 bits per heavy atom. The Morgan fingerprint density at radius 2 is 2.36 bits per heavy atom. The van der Waals surface area contributed by atoms with E-state index in [-0.39, 0.29) is 6.10 Å². The Morgan fingerprint density at radius 1 is 1.64 bits per heavy atom. The maximum atomic E-state index is 10.3. The zero-order valence-corrected chi connectivity index (χ0v) is 8.64. The van der Waals surface area contributed by atoms with Gasteiger partial charge in [0.2, 0.25) is 0 Å². The number of methoxy groups -OCH3 is 1. The fourth-order valence-electron chi connectivity index (χ4n) is 1.67. The second-order valence-electron chi connectivity index (χ2n) is 3.69. The number of likely N-dealkylation sites (tertiary alicyclic amines) is 1. The fourth-order valence-corrected chi connectivity index (χ4v) is 1.67. The summed E-state index contributed by atoms with van der Waals surface area (Å²) < 4.78 is 5.32. The van der Waals surface area contributed by atoms with Crippen molar-refractivity contribution in [1.82, 2.24) is 4.90 Å². The van der Waals surface area contributed by atoms with Gasteiger partial charge in [0.1, 0.15) is 0 Å². The van der Waals surface area contributed by atoms with E-state index in [9.17, 15) is 4.79 Å². The summed E-state index contributed by atoms with van der Waals surface area (Å²) in [6.45, 7) is 3.85. The topological polar surface area (TPSA) is 49.8 Å². The van der Waals surface area contributed by atoms with Crippen molar-refractivity contribution in [2.45, 2.75) is 19.4 Å². The zero-order valence-electron chi connectivity index (χ0n) is 8.64. The van der Waals surface area contributed by atoms with Crippen LogP contribution in [0.4, 0.5) is 0 Å². The molecule has 2 atom stereocenters. The Hall–Kier alpha value is -1.03. The molecule has 0 spiro atoms. The summed E-state index contributed by atoms with van der Waals surface area (Å²) in [7, 11) is 1.70. The third-order valence-electron chi connectivity index (χ3n) is 2.65. The number of carboxylic acids is 1. The van der Waals surface area contributed by atoms with Crippen molar-refractivity contribution < 1.29 is 14.6 Å². The number of rotatable bonds is 3. The van der Waals surface area contributed by atoms with Crippen molar-refractivity contribution in [3.05, 3.63) is 12.3 Å². The molecular weight excluding hydrogens is 182 g/mol. The van der Waals surface area contributed by atoms with Gasteiger partial charge in [0.15, 0.2) is 0 Å². The van der Waals surface area contributed by atoms with Gasteiger partial charge in [-0.05, 0) is 12.3 Å². The average molecular weight is 199 g/mol. The second-order valence-corrected chi connectivity index (χ2v) is 3.69.